The molecule has 0 spiro atoms. The molecule has 0 bridgehead atoms. The summed E-state index contributed by atoms with van der Waals surface area (Å²) in [5.41, 5.74) is 2.41. The first kappa shape index (κ1) is 18.5. The highest BCUT2D eigenvalue weighted by Gasteiger charge is 2.19. The number of halogens is 1. The maximum atomic E-state index is 12.0. The number of carbonyl (C=O) groups excluding carboxylic acids is 1. The SMILES string of the molecule is Cc1ccc(OCC(=O)NCC(C)(C)Cc2ccc(Br)cc2)cc1. The third-order valence-electron chi connectivity index (χ3n) is 3.75. The summed E-state index contributed by atoms with van der Waals surface area (Å²) in [5.74, 6) is 0.615. The number of benzene rings is 2. The molecule has 0 radical (unpaired) electrons. The minimum Gasteiger partial charge on any atom is -0.484 e. The first-order valence-corrected chi connectivity index (χ1v) is 8.84. The number of hydrogen-bond donors (Lipinski definition) is 1. The third kappa shape index (κ3) is 6.36. The Balaban J connectivity index is 1.77. The number of hydrogen-bond acceptors (Lipinski definition) is 2. The second kappa shape index (κ2) is 8.34. The van der Waals surface area contributed by atoms with Crippen LogP contribution in [-0.4, -0.2) is 19.1 Å². The summed E-state index contributed by atoms with van der Waals surface area (Å²) >= 11 is 3.44. The Morgan fingerprint density at radius 3 is 2.33 bits per heavy atom. The van der Waals surface area contributed by atoms with Gasteiger partial charge in [-0.15, -0.1) is 0 Å². The van der Waals surface area contributed by atoms with Gasteiger partial charge in [-0.1, -0.05) is 59.6 Å². The molecule has 4 heteroatoms. The highest BCUT2D eigenvalue weighted by atomic mass is 79.9. The van der Waals surface area contributed by atoms with Crippen molar-refractivity contribution in [3.05, 3.63) is 64.1 Å². The van der Waals surface area contributed by atoms with E-state index in [-0.39, 0.29) is 17.9 Å². The van der Waals surface area contributed by atoms with Crippen LogP contribution in [0.25, 0.3) is 0 Å². The molecule has 0 saturated carbocycles. The summed E-state index contributed by atoms with van der Waals surface area (Å²) < 4.78 is 6.58. The second-order valence-corrected chi connectivity index (χ2v) is 7.76. The number of aryl methyl sites for hydroxylation is 1. The fraction of sp³-hybridized carbons (Fsp3) is 0.350. The molecule has 3 nitrogen and oxygen atoms in total. The first-order chi connectivity index (χ1) is 11.3. The molecule has 128 valence electrons. The smallest absolute Gasteiger partial charge is 0.257 e. The van der Waals surface area contributed by atoms with Crippen LogP contribution in [0.5, 0.6) is 5.75 Å². The number of nitrogens with one attached hydrogen (secondary N) is 1. The van der Waals surface area contributed by atoms with E-state index in [1.54, 1.807) is 0 Å². The van der Waals surface area contributed by atoms with E-state index in [0.717, 1.165) is 10.9 Å². The zero-order valence-electron chi connectivity index (χ0n) is 14.4. The van der Waals surface area contributed by atoms with Crippen LogP contribution in [0.15, 0.2) is 53.0 Å². The molecule has 2 aromatic rings. The van der Waals surface area contributed by atoms with Crippen LogP contribution in [0.2, 0.25) is 0 Å². The van der Waals surface area contributed by atoms with Crippen molar-refractivity contribution in [2.45, 2.75) is 27.2 Å². The van der Waals surface area contributed by atoms with E-state index in [1.165, 1.54) is 11.1 Å². The zero-order chi connectivity index (χ0) is 17.6. The number of amides is 1. The normalized spacial score (nSPS) is 11.2. The lowest BCUT2D eigenvalue weighted by Gasteiger charge is -2.25. The number of rotatable bonds is 7. The molecular formula is C20H24BrNO2. The lowest BCUT2D eigenvalue weighted by atomic mass is 9.85. The number of ether oxygens (including phenoxy) is 1. The van der Waals surface area contributed by atoms with Gasteiger partial charge < -0.3 is 10.1 Å². The molecule has 24 heavy (non-hydrogen) atoms. The van der Waals surface area contributed by atoms with Gasteiger partial charge >= 0.3 is 0 Å². The highest BCUT2D eigenvalue weighted by molar-refractivity contribution is 9.10. The Morgan fingerprint density at radius 2 is 1.71 bits per heavy atom. The van der Waals surface area contributed by atoms with E-state index < -0.39 is 0 Å². The quantitative estimate of drug-likeness (QED) is 0.755. The van der Waals surface area contributed by atoms with Gasteiger partial charge in [0.2, 0.25) is 0 Å². The van der Waals surface area contributed by atoms with Crippen molar-refractivity contribution < 1.29 is 9.53 Å². The lowest BCUT2D eigenvalue weighted by molar-refractivity contribution is -0.123. The maximum Gasteiger partial charge on any atom is 0.257 e. The molecule has 0 aliphatic carbocycles. The summed E-state index contributed by atoms with van der Waals surface area (Å²) in [4.78, 5) is 12.0. The Morgan fingerprint density at radius 1 is 1.08 bits per heavy atom. The van der Waals surface area contributed by atoms with Crippen molar-refractivity contribution in [2.75, 3.05) is 13.2 Å². The standard InChI is InChI=1S/C20H24BrNO2/c1-15-4-10-18(11-5-15)24-13-19(23)22-14-20(2,3)12-16-6-8-17(21)9-7-16/h4-11H,12-14H2,1-3H3,(H,22,23). The van der Waals surface area contributed by atoms with Crippen molar-refractivity contribution in [1.29, 1.82) is 0 Å². The minimum atomic E-state index is -0.0977. The van der Waals surface area contributed by atoms with Crippen LogP contribution >= 0.6 is 15.9 Å². The average molecular weight is 390 g/mol. The molecule has 0 saturated heterocycles. The summed E-state index contributed by atoms with van der Waals surface area (Å²) in [6.45, 7) is 6.97. The molecule has 1 N–H and O–H groups in total. The average Bonchev–Trinajstić information content (AvgIpc) is 2.54. The molecule has 0 heterocycles. The topological polar surface area (TPSA) is 38.3 Å². The van der Waals surface area contributed by atoms with Crippen LogP contribution in [0.4, 0.5) is 0 Å². The van der Waals surface area contributed by atoms with Crippen LogP contribution in [-0.2, 0) is 11.2 Å². The predicted octanol–water partition coefficient (Wildman–Crippen LogP) is 4.52. The van der Waals surface area contributed by atoms with E-state index in [2.05, 4.69) is 47.2 Å². The van der Waals surface area contributed by atoms with Gasteiger partial charge in [-0.2, -0.15) is 0 Å². The van der Waals surface area contributed by atoms with Gasteiger partial charge in [0.05, 0.1) is 0 Å². The van der Waals surface area contributed by atoms with Crippen LogP contribution in [0, 0.1) is 12.3 Å². The van der Waals surface area contributed by atoms with Crippen molar-refractivity contribution >= 4 is 21.8 Å². The monoisotopic (exact) mass is 389 g/mol. The van der Waals surface area contributed by atoms with E-state index >= 15 is 0 Å². The Hall–Kier alpha value is -1.81. The van der Waals surface area contributed by atoms with Crippen molar-refractivity contribution in [3.8, 4) is 5.75 Å². The van der Waals surface area contributed by atoms with Gasteiger partial charge in [-0.05, 0) is 48.6 Å². The molecule has 0 unspecified atom stereocenters. The molecule has 1 amide bonds. The van der Waals surface area contributed by atoms with Crippen LogP contribution < -0.4 is 10.1 Å². The summed E-state index contributed by atoms with van der Waals surface area (Å²) in [6, 6.07) is 16.0. The minimum absolute atomic E-state index is 0.0205. The van der Waals surface area contributed by atoms with Crippen LogP contribution in [0.3, 0.4) is 0 Å². The molecule has 0 aromatic heterocycles. The summed E-state index contributed by atoms with van der Waals surface area (Å²) in [7, 11) is 0. The van der Waals surface area contributed by atoms with Gasteiger partial charge in [0.15, 0.2) is 6.61 Å². The molecule has 0 fully saturated rings. The van der Waals surface area contributed by atoms with Gasteiger partial charge in [-0.3, -0.25) is 4.79 Å². The Labute approximate surface area is 152 Å². The molecule has 2 aromatic carbocycles. The van der Waals surface area contributed by atoms with Gasteiger partial charge in [0.1, 0.15) is 5.75 Å². The predicted molar refractivity (Wildman–Crippen MR) is 101 cm³/mol. The first-order valence-electron chi connectivity index (χ1n) is 8.05. The molecule has 2 rings (SSSR count). The summed E-state index contributed by atoms with van der Waals surface area (Å²) in [6.07, 6.45) is 0.902. The Bertz CT molecular complexity index is 663. The molecule has 0 aliphatic heterocycles. The van der Waals surface area contributed by atoms with Gasteiger partial charge in [0.25, 0.3) is 5.91 Å². The third-order valence-corrected chi connectivity index (χ3v) is 4.28. The number of carbonyl (C=O) groups is 1. The molecular weight excluding hydrogens is 366 g/mol. The fourth-order valence-corrected chi connectivity index (χ4v) is 2.65. The molecule has 0 aliphatic rings. The fourth-order valence-electron chi connectivity index (χ4n) is 2.39. The van der Waals surface area contributed by atoms with Gasteiger partial charge in [-0.25, -0.2) is 0 Å². The molecule has 0 atom stereocenters. The van der Waals surface area contributed by atoms with E-state index in [0.29, 0.717) is 12.3 Å². The van der Waals surface area contributed by atoms with Crippen molar-refractivity contribution in [2.24, 2.45) is 5.41 Å². The largest absolute Gasteiger partial charge is 0.484 e. The van der Waals surface area contributed by atoms with E-state index in [1.807, 2.05) is 43.3 Å². The Kier molecular flexibility index (Phi) is 6.44. The summed E-state index contributed by atoms with van der Waals surface area (Å²) in [5, 5.41) is 2.96. The van der Waals surface area contributed by atoms with Crippen molar-refractivity contribution in [3.63, 3.8) is 0 Å². The zero-order valence-corrected chi connectivity index (χ0v) is 16.0. The highest BCUT2D eigenvalue weighted by Crippen LogP contribution is 2.22. The maximum absolute atomic E-state index is 12.0. The lowest BCUT2D eigenvalue weighted by Crippen LogP contribution is -2.37. The second-order valence-electron chi connectivity index (χ2n) is 6.85. The van der Waals surface area contributed by atoms with E-state index in [9.17, 15) is 4.79 Å². The van der Waals surface area contributed by atoms with Gasteiger partial charge in [0, 0.05) is 11.0 Å². The van der Waals surface area contributed by atoms with Crippen molar-refractivity contribution in [1.82, 2.24) is 5.32 Å². The van der Waals surface area contributed by atoms with E-state index in [4.69, 9.17) is 4.74 Å². The van der Waals surface area contributed by atoms with Crippen LogP contribution in [0.1, 0.15) is 25.0 Å².